The first-order valence-electron chi connectivity index (χ1n) is 11.4. The van der Waals surface area contributed by atoms with Crippen LogP contribution in [0.5, 0.6) is 0 Å². The molecule has 4 rings (SSSR count). The maximum Gasteiger partial charge on any atom is 0.319 e. The summed E-state index contributed by atoms with van der Waals surface area (Å²) in [6.45, 7) is 1.72. The Morgan fingerprint density at radius 2 is 1.28 bits per heavy atom. The number of carbonyl (C=O) groups excluding carboxylic acids is 2. The van der Waals surface area contributed by atoms with Gasteiger partial charge in [-0.05, 0) is 29.7 Å². The van der Waals surface area contributed by atoms with Gasteiger partial charge in [0.05, 0.1) is 4.92 Å². The van der Waals surface area contributed by atoms with E-state index in [0.29, 0.717) is 11.1 Å². The van der Waals surface area contributed by atoms with Gasteiger partial charge in [0.2, 0.25) is 6.10 Å². The predicted molar refractivity (Wildman–Crippen MR) is 136 cm³/mol. The SMILES string of the molecule is Cc1ccc(NC(=O)[C@H](OC(=O)C(c2ccccc2)c2ccccc2)c2ccccc2)c([N+](=O)[O-])c1. The summed E-state index contributed by atoms with van der Waals surface area (Å²) >= 11 is 0. The Hall–Kier alpha value is -4.78. The summed E-state index contributed by atoms with van der Waals surface area (Å²) in [6.07, 6.45) is -1.32. The second-order valence-corrected chi connectivity index (χ2v) is 8.25. The first-order valence-corrected chi connectivity index (χ1v) is 11.4. The van der Waals surface area contributed by atoms with Gasteiger partial charge in [-0.15, -0.1) is 0 Å². The smallest absolute Gasteiger partial charge is 0.319 e. The summed E-state index contributed by atoms with van der Waals surface area (Å²) in [7, 11) is 0. The summed E-state index contributed by atoms with van der Waals surface area (Å²) in [5, 5.41) is 14.1. The number of ether oxygens (including phenoxy) is 1. The van der Waals surface area contributed by atoms with Gasteiger partial charge in [-0.1, -0.05) is 97.1 Å². The van der Waals surface area contributed by atoms with Crippen molar-refractivity contribution in [2.24, 2.45) is 0 Å². The third kappa shape index (κ3) is 5.64. The normalized spacial score (nSPS) is 11.5. The van der Waals surface area contributed by atoms with E-state index in [9.17, 15) is 19.7 Å². The number of esters is 1. The number of hydrogen-bond acceptors (Lipinski definition) is 5. The highest BCUT2D eigenvalue weighted by Crippen LogP contribution is 2.31. The molecule has 0 heterocycles. The van der Waals surface area contributed by atoms with Gasteiger partial charge in [0, 0.05) is 11.6 Å². The highest BCUT2D eigenvalue weighted by molar-refractivity contribution is 5.98. The number of amides is 1. The lowest BCUT2D eigenvalue weighted by atomic mass is 9.91. The number of rotatable bonds is 8. The van der Waals surface area contributed by atoms with Crippen molar-refractivity contribution >= 4 is 23.3 Å². The molecule has 1 N–H and O–H groups in total. The minimum Gasteiger partial charge on any atom is -0.447 e. The Bertz CT molecular complexity index is 1320. The Balaban J connectivity index is 1.68. The van der Waals surface area contributed by atoms with Crippen LogP contribution < -0.4 is 5.32 Å². The van der Waals surface area contributed by atoms with E-state index in [-0.39, 0.29) is 11.4 Å². The molecule has 0 aliphatic carbocycles. The fourth-order valence-electron chi connectivity index (χ4n) is 3.94. The van der Waals surface area contributed by atoms with Crippen molar-refractivity contribution in [3.63, 3.8) is 0 Å². The van der Waals surface area contributed by atoms with Crippen LogP contribution in [-0.2, 0) is 14.3 Å². The third-order valence-electron chi connectivity index (χ3n) is 5.68. The third-order valence-corrected chi connectivity index (χ3v) is 5.68. The molecule has 0 bridgehead atoms. The minimum absolute atomic E-state index is 0.0234. The molecule has 0 aliphatic heterocycles. The molecule has 0 saturated heterocycles. The molecule has 0 fully saturated rings. The molecule has 0 saturated carbocycles. The van der Waals surface area contributed by atoms with E-state index in [1.165, 1.54) is 12.1 Å². The number of nitro benzene ring substituents is 1. The number of anilines is 1. The highest BCUT2D eigenvalue weighted by atomic mass is 16.6. The lowest BCUT2D eigenvalue weighted by Gasteiger charge is -2.22. The van der Waals surface area contributed by atoms with E-state index in [2.05, 4.69) is 5.32 Å². The maximum atomic E-state index is 13.6. The number of carbonyl (C=O) groups is 2. The molecular weight excluding hydrogens is 456 g/mol. The molecule has 7 nitrogen and oxygen atoms in total. The van der Waals surface area contributed by atoms with Gasteiger partial charge in [-0.25, -0.2) is 0 Å². The quantitative estimate of drug-likeness (QED) is 0.191. The maximum absolute atomic E-state index is 13.6. The van der Waals surface area contributed by atoms with Crippen LogP contribution in [-0.4, -0.2) is 16.8 Å². The number of nitrogens with one attached hydrogen (secondary N) is 1. The number of nitro groups is 1. The number of aryl methyl sites for hydroxylation is 1. The van der Waals surface area contributed by atoms with Crippen molar-refractivity contribution in [3.8, 4) is 0 Å². The monoisotopic (exact) mass is 480 g/mol. The zero-order valence-corrected chi connectivity index (χ0v) is 19.5. The van der Waals surface area contributed by atoms with Crippen molar-refractivity contribution in [1.29, 1.82) is 0 Å². The van der Waals surface area contributed by atoms with Gasteiger partial charge in [0.25, 0.3) is 11.6 Å². The first-order chi connectivity index (χ1) is 17.4. The average Bonchev–Trinajstić information content (AvgIpc) is 2.90. The zero-order chi connectivity index (χ0) is 25.5. The average molecular weight is 481 g/mol. The molecule has 4 aromatic carbocycles. The van der Waals surface area contributed by atoms with E-state index >= 15 is 0 Å². The first kappa shape index (κ1) is 24.3. The van der Waals surface area contributed by atoms with Gasteiger partial charge in [-0.3, -0.25) is 19.7 Å². The van der Waals surface area contributed by atoms with Crippen LogP contribution in [0.4, 0.5) is 11.4 Å². The van der Waals surface area contributed by atoms with E-state index in [4.69, 9.17) is 4.74 Å². The summed E-state index contributed by atoms with van der Waals surface area (Å²) in [5.74, 6) is -2.07. The Morgan fingerprint density at radius 3 is 1.78 bits per heavy atom. The molecule has 4 aromatic rings. The van der Waals surface area contributed by atoms with Crippen LogP contribution in [0.15, 0.2) is 109 Å². The molecule has 0 unspecified atom stereocenters. The Morgan fingerprint density at radius 1 is 0.778 bits per heavy atom. The van der Waals surface area contributed by atoms with Crippen LogP contribution in [0, 0.1) is 17.0 Å². The fourth-order valence-corrected chi connectivity index (χ4v) is 3.94. The lowest BCUT2D eigenvalue weighted by molar-refractivity contribution is -0.384. The molecule has 0 aliphatic rings. The second-order valence-electron chi connectivity index (χ2n) is 8.25. The largest absolute Gasteiger partial charge is 0.447 e. The van der Waals surface area contributed by atoms with E-state index in [1.54, 1.807) is 43.3 Å². The number of nitrogens with zero attached hydrogens (tertiary/aromatic N) is 1. The van der Waals surface area contributed by atoms with Gasteiger partial charge < -0.3 is 10.1 Å². The molecule has 0 radical (unpaired) electrons. The highest BCUT2D eigenvalue weighted by Gasteiger charge is 2.32. The van der Waals surface area contributed by atoms with Gasteiger partial charge >= 0.3 is 5.97 Å². The van der Waals surface area contributed by atoms with E-state index in [1.807, 2.05) is 60.7 Å². The molecular formula is C29H24N2O5. The Labute approximate surface area is 208 Å². The summed E-state index contributed by atoms with van der Waals surface area (Å²) in [6, 6.07) is 31.4. The van der Waals surface area contributed by atoms with Gasteiger partial charge in [0.15, 0.2) is 0 Å². The lowest BCUT2D eigenvalue weighted by Crippen LogP contribution is -2.28. The van der Waals surface area contributed by atoms with Gasteiger partial charge in [0.1, 0.15) is 11.6 Å². The van der Waals surface area contributed by atoms with Crippen molar-refractivity contribution < 1.29 is 19.2 Å². The van der Waals surface area contributed by atoms with Crippen molar-refractivity contribution in [2.45, 2.75) is 18.9 Å². The van der Waals surface area contributed by atoms with Gasteiger partial charge in [-0.2, -0.15) is 0 Å². The van der Waals surface area contributed by atoms with Crippen LogP contribution >= 0.6 is 0 Å². The molecule has 0 aromatic heterocycles. The Kier molecular flexibility index (Phi) is 7.51. The molecule has 1 atom stereocenters. The van der Waals surface area contributed by atoms with Crippen LogP contribution in [0.2, 0.25) is 0 Å². The van der Waals surface area contributed by atoms with Crippen molar-refractivity contribution in [3.05, 3.63) is 142 Å². The molecule has 180 valence electrons. The second kappa shape index (κ2) is 11.1. The number of benzene rings is 4. The van der Waals surface area contributed by atoms with Crippen molar-refractivity contribution in [1.82, 2.24) is 0 Å². The van der Waals surface area contributed by atoms with Crippen LogP contribution in [0.25, 0.3) is 0 Å². The predicted octanol–water partition coefficient (Wildman–Crippen LogP) is 5.96. The van der Waals surface area contributed by atoms with Crippen LogP contribution in [0.1, 0.15) is 34.3 Å². The molecule has 36 heavy (non-hydrogen) atoms. The standard InChI is InChI=1S/C29H24N2O5/c1-20-17-18-24(25(19-20)31(34)35)30-28(32)27(23-15-9-4-10-16-23)36-29(33)26(21-11-5-2-6-12-21)22-13-7-3-8-14-22/h2-19,26-27H,1H3,(H,30,32)/t27-/m1/s1. The van der Waals surface area contributed by atoms with E-state index in [0.717, 1.165) is 11.1 Å². The fraction of sp³-hybridized carbons (Fsp3) is 0.103. The molecule has 0 spiro atoms. The van der Waals surface area contributed by atoms with E-state index < -0.39 is 28.8 Å². The summed E-state index contributed by atoms with van der Waals surface area (Å²) in [5.41, 5.74) is 2.34. The summed E-state index contributed by atoms with van der Waals surface area (Å²) in [4.78, 5) is 38.0. The molecule has 1 amide bonds. The summed E-state index contributed by atoms with van der Waals surface area (Å²) < 4.78 is 5.84. The zero-order valence-electron chi connectivity index (χ0n) is 19.5. The minimum atomic E-state index is -1.32. The van der Waals surface area contributed by atoms with Crippen molar-refractivity contribution in [2.75, 3.05) is 5.32 Å². The van der Waals surface area contributed by atoms with Crippen LogP contribution in [0.3, 0.4) is 0 Å². The topological polar surface area (TPSA) is 98.5 Å². The molecule has 7 heteroatoms. The number of hydrogen-bond donors (Lipinski definition) is 1.